The van der Waals surface area contributed by atoms with Gasteiger partial charge in [0.25, 0.3) is 0 Å². The van der Waals surface area contributed by atoms with Gasteiger partial charge in [-0.1, -0.05) is 61.9 Å². The SMILES string of the molecule is CC.CN=C(/C=C(C)/C=C\c1cccc(C)c1)c1ccccn1. The third-order valence-corrected chi connectivity index (χ3v) is 3.11. The number of hydrogen-bond donors (Lipinski definition) is 0. The molecule has 0 spiro atoms. The average Bonchev–Trinajstić information content (AvgIpc) is 2.60. The second kappa shape index (κ2) is 10.3. The molecule has 23 heavy (non-hydrogen) atoms. The minimum atomic E-state index is 0.891. The Labute approximate surface area is 140 Å². The molecule has 2 rings (SSSR count). The van der Waals surface area contributed by atoms with Gasteiger partial charge in [0.2, 0.25) is 0 Å². The summed E-state index contributed by atoms with van der Waals surface area (Å²) in [5.74, 6) is 0. The molecule has 1 aromatic heterocycles. The molecule has 0 N–H and O–H groups in total. The molecule has 0 saturated carbocycles. The molecule has 1 heterocycles. The van der Waals surface area contributed by atoms with Gasteiger partial charge in [0.05, 0.1) is 11.4 Å². The standard InChI is InChI=1S/C19H20N2.C2H6/c1-15-7-6-8-17(13-15)11-10-16(2)14-19(20-3)18-9-4-5-12-21-18;1-2/h4-14H,1-3H3;1-2H3/b11-10-,16-14+,20-19?;. The van der Waals surface area contributed by atoms with Gasteiger partial charge in [-0.3, -0.25) is 9.98 Å². The fourth-order valence-corrected chi connectivity index (χ4v) is 2.03. The van der Waals surface area contributed by atoms with Gasteiger partial charge in [0.15, 0.2) is 0 Å². The number of benzene rings is 1. The normalized spacial score (nSPS) is 12.0. The molecular formula is C21H26N2. The van der Waals surface area contributed by atoms with Gasteiger partial charge >= 0.3 is 0 Å². The van der Waals surface area contributed by atoms with E-state index < -0.39 is 0 Å². The minimum absolute atomic E-state index is 0.891. The summed E-state index contributed by atoms with van der Waals surface area (Å²) in [6.45, 7) is 8.17. The maximum Gasteiger partial charge on any atom is 0.0881 e. The molecule has 0 bridgehead atoms. The number of hydrogen-bond acceptors (Lipinski definition) is 2. The Kier molecular flexibility index (Phi) is 8.30. The van der Waals surface area contributed by atoms with Crippen molar-refractivity contribution < 1.29 is 0 Å². The lowest BCUT2D eigenvalue weighted by Crippen LogP contribution is -2.00. The average molecular weight is 306 g/mol. The number of aliphatic imine (C=N–C) groups is 1. The highest BCUT2D eigenvalue weighted by molar-refractivity contribution is 6.07. The largest absolute Gasteiger partial charge is 0.286 e. The Morgan fingerprint density at radius 3 is 2.48 bits per heavy atom. The molecule has 0 atom stereocenters. The van der Waals surface area contributed by atoms with Crippen molar-refractivity contribution in [2.75, 3.05) is 7.05 Å². The van der Waals surface area contributed by atoms with Gasteiger partial charge in [0, 0.05) is 13.2 Å². The highest BCUT2D eigenvalue weighted by Gasteiger charge is 1.99. The molecule has 2 heteroatoms. The van der Waals surface area contributed by atoms with Crippen molar-refractivity contribution in [1.82, 2.24) is 4.98 Å². The fraction of sp³-hybridized carbons (Fsp3) is 0.238. The predicted octanol–water partition coefficient (Wildman–Crippen LogP) is 5.49. The van der Waals surface area contributed by atoms with E-state index >= 15 is 0 Å². The van der Waals surface area contributed by atoms with Gasteiger partial charge < -0.3 is 0 Å². The molecule has 0 aliphatic rings. The molecule has 2 aromatic rings. The van der Waals surface area contributed by atoms with Crippen LogP contribution in [0.15, 0.2) is 71.4 Å². The molecular weight excluding hydrogens is 280 g/mol. The lowest BCUT2D eigenvalue weighted by Gasteiger charge is -2.01. The van der Waals surface area contributed by atoms with Crippen molar-refractivity contribution in [3.8, 4) is 0 Å². The zero-order chi connectivity index (χ0) is 17.1. The van der Waals surface area contributed by atoms with E-state index in [-0.39, 0.29) is 0 Å². The number of nitrogens with zero attached hydrogens (tertiary/aromatic N) is 2. The van der Waals surface area contributed by atoms with Crippen LogP contribution in [0.25, 0.3) is 6.08 Å². The zero-order valence-electron chi connectivity index (χ0n) is 14.7. The fourth-order valence-electron chi connectivity index (χ4n) is 2.03. The first kappa shape index (κ1) is 18.6. The summed E-state index contributed by atoms with van der Waals surface area (Å²) in [5.41, 5.74) is 5.40. The molecule has 0 aliphatic heterocycles. The molecule has 0 radical (unpaired) electrons. The van der Waals surface area contributed by atoms with Gasteiger partial charge in [-0.15, -0.1) is 0 Å². The van der Waals surface area contributed by atoms with Crippen LogP contribution >= 0.6 is 0 Å². The lowest BCUT2D eigenvalue weighted by atomic mass is 10.1. The van der Waals surface area contributed by atoms with Crippen LogP contribution in [0.3, 0.4) is 0 Å². The number of aromatic nitrogens is 1. The van der Waals surface area contributed by atoms with E-state index in [2.05, 4.69) is 66.3 Å². The number of allylic oxidation sites excluding steroid dienone is 3. The smallest absolute Gasteiger partial charge is 0.0881 e. The van der Waals surface area contributed by atoms with Gasteiger partial charge in [-0.2, -0.15) is 0 Å². The number of pyridine rings is 1. The summed E-state index contributed by atoms with van der Waals surface area (Å²) >= 11 is 0. The summed E-state index contributed by atoms with van der Waals surface area (Å²) in [7, 11) is 1.79. The summed E-state index contributed by atoms with van der Waals surface area (Å²) in [6.07, 6.45) is 8.05. The molecule has 1 aromatic carbocycles. The van der Waals surface area contributed by atoms with Crippen LogP contribution in [0, 0.1) is 6.92 Å². The Bertz CT molecular complexity index is 680. The Morgan fingerprint density at radius 1 is 1.09 bits per heavy atom. The summed E-state index contributed by atoms with van der Waals surface area (Å²) in [4.78, 5) is 8.64. The maximum absolute atomic E-state index is 4.33. The van der Waals surface area contributed by atoms with E-state index in [4.69, 9.17) is 0 Å². The molecule has 120 valence electrons. The predicted molar refractivity (Wildman–Crippen MR) is 102 cm³/mol. The highest BCUT2D eigenvalue weighted by Crippen LogP contribution is 2.09. The van der Waals surface area contributed by atoms with Gasteiger partial charge in [0.1, 0.15) is 0 Å². The lowest BCUT2D eigenvalue weighted by molar-refractivity contribution is 1.27. The van der Waals surface area contributed by atoms with E-state index in [1.807, 2.05) is 32.0 Å². The van der Waals surface area contributed by atoms with Crippen molar-refractivity contribution >= 4 is 11.8 Å². The maximum atomic E-state index is 4.33. The number of aryl methyl sites for hydroxylation is 1. The van der Waals surface area contributed by atoms with E-state index in [0.29, 0.717) is 0 Å². The highest BCUT2D eigenvalue weighted by atomic mass is 14.8. The van der Waals surface area contributed by atoms with Crippen molar-refractivity contribution in [3.63, 3.8) is 0 Å². The third-order valence-electron chi connectivity index (χ3n) is 3.11. The monoisotopic (exact) mass is 306 g/mol. The second-order valence-corrected chi connectivity index (χ2v) is 4.96. The van der Waals surface area contributed by atoms with Crippen LogP contribution < -0.4 is 0 Å². The summed E-state index contributed by atoms with van der Waals surface area (Å²) in [6, 6.07) is 14.3. The van der Waals surface area contributed by atoms with Crippen LogP contribution in [0.2, 0.25) is 0 Å². The van der Waals surface area contributed by atoms with Crippen LogP contribution in [-0.4, -0.2) is 17.7 Å². The van der Waals surface area contributed by atoms with Gasteiger partial charge in [-0.05, 0) is 43.2 Å². The molecule has 2 nitrogen and oxygen atoms in total. The first-order valence-corrected chi connectivity index (χ1v) is 8.00. The molecule has 0 saturated heterocycles. The van der Waals surface area contributed by atoms with E-state index in [1.54, 1.807) is 13.2 Å². The van der Waals surface area contributed by atoms with Gasteiger partial charge in [-0.25, -0.2) is 0 Å². The minimum Gasteiger partial charge on any atom is -0.286 e. The Hall–Kier alpha value is -2.48. The van der Waals surface area contributed by atoms with E-state index in [9.17, 15) is 0 Å². The van der Waals surface area contributed by atoms with Crippen LogP contribution in [-0.2, 0) is 0 Å². The molecule has 0 fully saturated rings. The molecule has 0 aliphatic carbocycles. The quantitative estimate of drug-likeness (QED) is 0.541. The Morgan fingerprint density at radius 2 is 1.87 bits per heavy atom. The first-order valence-electron chi connectivity index (χ1n) is 8.00. The van der Waals surface area contributed by atoms with E-state index in [1.165, 1.54) is 11.1 Å². The van der Waals surface area contributed by atoms with Crippen molar-refractivity contribution in [1.29, 1.82) is 0 Å². The third kappa shape index (κ3) is 6.43. The Balaban J connectivity index is 0.00000127. The molecule has 0 unspecified atom stereocenters. The molecule has 0 amide bonds. The van der Waals surface area contributed by atoms with Crippen molar-refractivity contribution in [3.05, 3.63) is 83.2 Å². The second-order valence-electron chi connectivity index (χ2n) is 4.96. The summed E-state index contributed by atoms with van der Waals surface area (Å²) in [5, 5.41) is 0. The van der Waals surface area contributed by atoms with E-state index in [0.717, 1.165) is 17.0 Å². The summed E-state index contributed by atoms with van der Waals surface area (Å²) < 4.78 is 0. The van der Waals surface area contributed by atoms with Crippen molar-refractivity contribution in [2.45, 2.75) is 27.7 Å². The van der Waals surface area contributed by atoms with Crippen LogP contribution in [0.4, 0.5) is 0 Å². The van der Waals surface area contributed by atoms with Crippen molar-refractivity contribution in [2.24, 2.45) is 4.99 Å². The van der Waals surface area contributed by atoms with Crippen LogP contribution in [0.1, 0.15) is 37.6 Å². The zero-order valence-corrected chi connectivity index (χ0v) is 14.7. The number of rotatable bonds is 4. The first-order chi connectivity index (χ1) is 11.2. The van der Waals surface area contributed by atoms with Crippen LogP contribution in [0.5, 0.6) is 0 Å². The topological polar surface area (TPSA) is 25.2 Å².